The number of unbranched alkanes of at least 4 members (excludes halogenated alkanes) is 2. The average molecular weight is 1280 g/mol. The van der Waals surface area contributed by atoms with Crippen LogP contribution in [0.5, 0.6) is 0 Å². The summed E-state index contributed by atoms with van der Waals surface area (Å²) in [5, 5.41) is 20.8. The molecule has 26 nitrogen and oxygen atoms in total. The Balaban J connectivity index is 0.740. The minimum Gasteiger partial charge on any atom is -0.457 e. The third-order valence-electron chi connectivity index (χ3n) is 15.3. The summed E-state index contributed by atoms with van der Waals surface area (Å²) in [6.45, 7) is 9.97. The van der Waals surface area contributed by atoms with Crippen LogP contribution >= 0.6 is 11.8 Å². The first-order chi connectivity index (χ1) is 44.5. The van der Waals surface area contributed by atoms with Crippen LogP contribution in [0.25, 0.3) is 22.3 Å². The molecule has 0 radical (unpaired) electrons. The molecule has 5 amide bonds. The van der Waals surface area contributed by atoms with Gasteiger partial charge in [0.1, 0.15) is 38.2 Å². The molecular weight excluding hydrogens is 1200 g/mol. The number of esters is 1. The lowest BCUT2D eigenvalue weighted by molar-refractivity contribution is -0.175. The number of carbonyl (C=O) groups is 7. The topological polar surface area (TPSA) is 334 Å². The van der Waals surface area contributed by atoms with E-state index >= 15 is 0 Å². The van der Waals surface area contributed by atoms with Gasteiger partial charge in [0, 0.05) is 79.2 Å². The number of benzene rings is 2. The number of hydrogen-bond acceptors (Lipinski definition) is 20. The summed E-state index contributed by atoms with van der Waals surface area (Å²) < 4.78 is 31.1. The smallest absolute Gasteiger partial charge is 0.457 e. The van der Waals surface area contributed by atoms with Crippen LogP contribution < -0.4 is 32.6 Å². The third-order valence-corrected chi connectivity index (χ3v) is 16.4. The molecule has 2 atom stereocenters. The van der Waals surface area contributed by atoms with Crippen molar-refractivity contribution in [2.24, 2.45) is 5.73 Å². The first-order valence-corrected chi connectivity index (χ1v) is 31.9. The van der Waals surface area contributed by atoms with Crippen LogP contribution in [0.2, 0.25) is 0 Å². The van der Waals surface area contributed by atoms with Crippen molar-refractivity contribution < 1.29 is 57.2 Å². The minimum absolute atomic E-state index is 0.0224. The predicted molar refractivity (Wildman–Crippen MR) is 340 cm³/mol. The number of thioether (sulfide) groups is 1. The zero-order valence-corrected chi connectivity index (χ0v) is 53.3. The number of cyclic esters (lactones) is 1. The van der Waals surface area contributed by atoms with Gasteiger partial charge in [-0.2, -0.15) is 0 Å². The van der Waals surface area contributed by atoms with E-state index < -0.39 is 60.3 Å². The van der Waals surface area contributed by atoms with Gasteiger partial charge >= 0.3 is 12.1 Å². The second kappa shape index (κ2) is 33.8. The highest BCUT2D eigenvalue weighted by atomic mass is 32.2. The molecule has 0 unspecified atom stereocenters. The number of carbonyl (C=O) groups excluding carboxylic acids is 7. The van der Waals surface area contributed by atoms with Crippen molar-refractivity contribution in [1.29, 1.82) is 0 Å². The molecule has 92 heavy (non-hydrogen) atoms. The zero-order valence-electron chi connectivity index (χ0n) is 52.5. The summed E-state index contributed by atoms with van der Waals surface area (Å²) in [5.41, 5.74) is 9.28. The molecule has 0 fully saturated rings. The van der Waals surface area contributed by atoms with Crippen LogP contribution in [0.15, 0.2) is 83.1 Å². The average Bonchev–Trinajstić information content (AvgIpc) is 1.47. The fourth-order valence-corrected chi connectivity index (χ4v) is 11.2. The summed E-state index contributed by atoms with van der Waals surface area (Å²) in [6.07, 6.45) is 8.28. The molecule has 6 heterocycles. The van der Waals surface area contributed by atoms with E-state index in [4.69, 9.17) is 34.4 Å². The van der Waals surface area contributed by atoms with Crippen LogP contribution in [-0.4, -0.2) is 145 Å². The van der Waals surface area contributed by atoms with Crippen molar-refractivity contribution in [3.05, 3.63) is 123 Å². The maximum atomic E-state index is 14.4. The molecule has 6 N–H and O–H groups in total. The van der Waals surface area contributed by atoms with Gasteiger partial charge in [0.15, 0.2) is 5.16 Å². The van der Waals surface area contributed by atoms with Crippen LogP contribution in [0.1, 0.15) is 125 Å². The van der Waals surface area contributed by atoms with Gasteiger partial charge < -0.3 is 60.2 Å². The molecule has 4 aromatic heterocycles. The van der Waals surface area contributed by atoms with Gasteiger partial charge in [0.2, 0.25) is 35.1 Å². The quantitative estimate of drug-likeness (QED) is 0.0114. The lowest BCUT2D eigenvalue weighted by Crippen LogP contribution is -2.47. The standard InChI is InChI=1S/C65H79N13O13S/c1-6-31-92-63-69-33-45(34-70-63)15-9-8-10-19-56(80)68-35-47-36-76(75-74-47)28-30-87-29-26-67-57(81)40-88-41-58(82)72-54(18-13-14-25-66)60(83)71-46-22-20-44(21-23-46)38-90-64(86)91-65(7-2)52-32-55-59-50(37-78(55)61(84)51(52)39-89-62(65)85)48(24-27-77(42(3)4)43(5)79)49-16-11-12-17-53(49)73-59/h11-12,16-17,20-23,32-34,36,42,54H,6-8,10,13-14,18-19,24-31,35,37-41,66H2,1-5H3,(H,67,81)(H,68,80)(H,71,83)(H,72,82)/t54-,65-/m0/s1. The number of ether oxygens (including phenoxy) is 5. The number of fused-ring (bicyclic) bond motifs is 5. The highest BCUT2D eigenvalue weighted by Gasteiger charge is 2.51. The molecule has 0 aliphatic carbocycles. The zero-order chi connectivity index (χ0) is 65.6. The van der Waals surface area contributed by atoms with Gasteiger partial charge in [-0.05, 0) is 101 Å². The number of amides is 5. The summed E-state index contributed by atoms with van der Waals surface area (Å²) in [7, 11) is 0. The molecule has 0 spiro atoms. The molecule has 2 aliphatic heterocycles. The van der Waals surface area contributed by atoms with Crippen molar-refractivity contribution in [3.8, 4) is 23.2 Å². The Bertz CT molecular complexity index is 3720. The lowest BCUT2D eigenvalue weighted by Gasteiger charge is -2.35. The Morgan fingerprint density at radius 3 is 2.46 bits per heavy atom. The van der Waals surface area contributed by atoms with Gasteiger partial charge in [-0.15, -0.1) is 5.10 Å². The van der Waals surface area contributed by atoms with Crippen molar-refractivity contribution in [2.45, 2.75) is 148 Å². The Morgan fingerprint density at radius 2 is 1.71 bits per heavy atom. The summed E-state index contributed by atoms with van der Waals surface area (Å²) >= 11 is 1.61. The first kappa shape index (κ1) is 68.8. The number of pyridine rings is 2. The van der Waals surface area contributed by atoms with Crippen molar-refractivity contribution in [2.75, 3.05) is 57.1 Å². The molecule has 0 bridgehead atoms. The predicted octanol–water partition coefficient (Wildman–Crippen LogP) is 5.36. The van der Waals surface area contributed by atoms with E-state index in [2.05, 4.69) is 60.3 Å². The Kier molecular flexibility index (Phi) is 25.3. The van der Waals surface area contributed by atoms with E-state index in [1.165, 1.54) is 0 Å². The summed E-state index contributed by atoms with van der Waals surface area (Å²) in [4.78, 5) is 121. The number of nitrogens with two attached hydrogens (primary N) is 1. The summed E-state index contributed by atoms with van der Waals surface area (Å²) in [5.74, 6) is 4.42. The maximum Gasteiger partial charge on any atom is 0.510 e. The molecule has 0 saturated carbocycles. The van der Waals surface area contributed by atoms with Crippen LogP contribution in [0.4, 0.5) is 10.5 Å². The molecule has 2 aromatic carbocycles. The van der Waals surface area contributed by atoms with Gasteiger partial charge in [-0.1, -0.05) is 73.0 Å². The fraction of sp³-hybridized carbons (Fsp3) is 0.462. The number of para-hydroxylation sites is 1. The molecule has 488 valence electrons. The second-order valence-corrected chi connectivity index (χ2v) is 23.3. The monoisotopic (exact) mass is 1280 g/mol. The molecule has 6 aromatic rings. The van der Waals surface area contributed by atoms with Crippen LogP contribution in [-0.2, 0) is 97.3 Å². The van der Waals surface area contributed by atoms with Gasteiger partial charge in [0.05, 0.1) is 67.1 Å². The third kappa shape index (κ3) is 18.5. The first-order valence-electron chi connectivity index (χ1n) is 30.9. The fourth-order valence-electron chi connectivity index (χ4n) is 10.6. The van der Waals surface area contributed by atoms with Crippen molar-refractivity contribution in [1.82, 2.24) is 55.4 Å². The number of aromatic nitrogens is 7. The van der Waals surface area contributed by atoms with E-state index in [-0.39, 0.29) is 87.9 Å². The molecule has 2 aliphatic rings. The maximum absolute atomic E-state index is 14.4. The number of rotatable bonds is 33. The lowest BCUT2D eigenvalue weighted by atomic mass is 9.85. The minimum atomic E-state index is -2.03. The number of nitrogens with one attached hydrogen (secondary N) is 4. The second-order valence-electron chi connectivity index (χ2n) is 22.3. The van der Waals surface area contributed by atoms with Gasteiger partial charge in [-0.3, -0.25) is 28.8 Å². The Labute approximate surface area is 537 Å². The van der Waals surface area contributed by atoms with Crippen molar-refractivity contribution >= 4 is 70.0 Å². The van der Waals surface area contributed by atoms with E-state index in [9.17, 15) is 38.4 Å². The van der Waals surface area contributed by atoms with E-state index in [1.807, 2.05) is 38.1 Å². The van der Waals surface area contributed by atoms with E-state index in [0.29, 0.717) is 92.0 Å². The Hall–Kier alpha value is -9.10. The highest BCUT2D eigenvalue weighted by Crippen LogP contribution is 2.42. The number of nitrogens with zero attached hydrogens (tertiary/aromatic N) is 8. The summed E-state index contributed by atoms with van der Waals surface area (Å²) in [6, 6.07) is 14.7. The largest absolute Gasteiger partial charge is 0.510 e. The van der Waals surface area contributed by atoms with Crippen LogP contribution in [0.3, 0.4) is 0 Å². The van der Waals surface area contributed by atoms with Crippen LogP contribution in [0, 0.1) is 11.8 Å². The molecule has 8 rings (SSSR count). The molecular formula is C65H79N13O13S. The highest BCUT2D eigenvalue weighted by molar-refractivity contribution is 7.99. The normalized spacial score (nSPS) is 14.0. The van der Waals surface area contributed by atoms with Gasteiger partial charge in [-0.25, -0.2) is 29.2 Å². The number of hydrogen-bond donors (Lipinski definition) is 5. The van der Waals surface area contributed by atoms with E-state index in [0.717, 1.165) is 39.4 Å². The van der Waals surface area contributed by atoms with Gasteiger partial charge in [0.25, 0.3) is 5.56 Å². The van der Waals surface area contributed by atoms with E-state index in [1.54, 1.807) is 88.7 Å². The molecule has 27 heteroatoms. The SMILES string of the molecule is CCCSc1ncc(C#CCCCC(=O)NCc2cn(CCOCCNC(=O)COCC(=O)N[C@@H](CCCCN)C(=O)Nc3ccc(COC(=O)O[C@]4(CC)C(=O)OCc5c4cc4n(c5=O)Cc5c-4nc4ccccc4c5CCN(C(C)=O)C(C)C)cc3)nn2)cn1. The molecule has 0 saturated heterocycles. The van der Waals surface area contributed by atoms with Crippen molar-refractivity contribution in [3.63, 3.8) is 0 Å². The Morgan fingerprint density at radius 1 is 0.924 bits per heavy atom. The number of anilines is 1.